The first-order valence-corrected chi connectivity index (χ1v) is 8.06. The van der Waals surface area contributed by atoms with Crippen molar-refractivity contribution in [3.05, 3.63) is 48.5 Å². The number of anilines is 2. The highest BCUT2D eigenvalue weighted by Gasteiger charge is 2.29. The van der Waals surface area contributed by atoms with E-state index in [1.165, 1.54) is 17.0 Å². The first-order valence-electron chi connectivity index (χ1n) is 8.06. The van der Waals surface area contributed by atoms with Gasteiger partial charge in [-0.1, -0.05) is 0 Å². The highest BCUT2D eigenvalue weighted by Crippen LogP contribution is 2.08. The predicted molar refractivity (Wildman–Crippen MR) is 89.4 cm³/mol. The Morgan fingerprint density at radius 2 is 1.83 bits per heavy atom. The van der Waals surface area contributed by atoms with Gasteiger partial charge in [0.2, 0.25) is 5.95 Å². The van der Waals surface area contributed by atoms with Crippen LogP contribution in [0.25, 0.3) is 0 Å². The summed E-state index contributed by atoms with van der Waals surface area (Å²) in [7, 11) is 0. The number of piperazine rings is 1. The van der Waals surface area contributed by atoms with Crippen molar-refractivity contribution in [1.82, 2.24) is 9.97 Å². The van der Waals surface area contributed by atoms with Gasteiger partial charge in [0.15, 0.2) is 6.04 Å². The van der Waals surface area contributed by atoms with E-state index in [2.05, 4.69) is 20.2 Å². The lowest BCUT2D eigenvalue weighted by molar-refractivity contribution is -0.914. The van der Waals surface area contributed by atoms with Crippen LogP contribution in [0.5, 0.6) is 0 Å². The zero-order valence-corrected chi connectivity index (χ0v) is 13.6. The maximum atomic E-state index is 12.9. The third-order valence-electron chi connectivity index (χ3n) is 4.36. The van der Waals surface area contributed by atoms with Crippen LogP contribution in [0, 0.1) is 5.82 Å². The van der Waals surface area contributed by atoms with Crippen LogP contribution >= 0.6 is 0 Å². The molecule has 1 amide bonds. The first-order chi connectivity index (χ1) is 11.6. The van der Waals surface area contributed by atoms with Crippen molar-refractivity contribution in [2.75, 3.05) is 36.4 Å². The molecule has 2 aromatic rings. The van der Waals surface area contributed by atoms with Gasteiger partial charge in [0.05, 0.1) is 26.2 Å². The van der Waals surface area contributed by atoms with Crippen LogP contribution in [0.3, 0.4) is 0 Å². The van der Waals surface area contributed by atoms with Crippen molar-refractivity contribution >= 4 is 17.5 Å². The minimum absolute atomic E-state index is 0.0546. The Balaban J connectivity index is 1.53. The monoisotopic (exact) mass is 330 g/mol. The molecule has 1 fully saturated rings. The normalized spacial score (nSPS) is 16.7. The molecule has 6 nitrogen and oxygen atoms in total. The summed E-state index contributed by atoms with van der Waals surface area (Å²) < 4.78 is 12.9. The van der Waals surface area contributed by atoms with Crippen molar-refractivity contribution in [2.45, 2.75) is 13.0 Å². The molecular weight excluding hydrogens is 309 g/mol. The van der Waals surface area contributed by atoms with Gasteiger partial charge in [-0.05, 0) is 37.3 Å². The second kappa shape index (κ2) is 7.35. The van der Waals surface area contributed by atoms with Gasteiger partial charge in [0.25, 0.3) is 5.91 Å². The number of halogens is 1. The second-order valence-corrected chi connectivity index (χ2v) is 5.91. The summed E-state index contributed by atoms with van der Waals surface area (Å²) in [6.07, 6.45) is 3.47. The summed E-state index contributed by atoms with van der Waals surface area (Å²) in [5, 5.41) is 2.84. The quantitative estimate of drug-likeness (QED) is 0.849. The molecule has 7 heteroatoms. The Morgan fingerprint density at radius 3 is 2.46 bits per heavy atom. The van der Waals surface area contributed by atoms with E-state index in [1.54, 1.807) is 30.6 Å². The van der Waals surface area contributed by atoms with E-state index in [1.807, 2.05) is 6.92 Å². The minimum atomic E-state index is -0.314. The topological polar surface area (TPSA) is 62.6 Å². The molecule has 1 aliphatic rings. The summed E-state index contributed by atoms with van der Waals surface area (Å²) in [4.78, 5) is 24.3. The number of quaternary nitrogens is 1. The molecule has 1 atom stereocenters. The van der Waals surface area contributed by atoms with Gasteiger partial charge in [0, 0.05) is 18.1 Å². The SMILES string of the molecule is C[C@@H](C(=O)Nc1ccc(F)cc1)[NH+]1CCN(c2ncccn2)CC1. The van der Waals surface area contributed by atoms with Crippen molar-refractivity contribution in [3.63, 3.8) is 0 Å². The molecule has 1 aliphatic heterocycles. The Hall–Kier alpha value is -2.54. The highest BCUT2D eigenvalue weighted by atomic mass is 19.1. The first kappa shape index (κ1) is 16.3. The van der Waals surface area contributed by atoms with Crippen LogP contribution in [0.1, 0.15) is 6.92 Å². The average Bonchev–Trinajstić information content (AvgIpc) is 2.64. The zero-order chi connectivity index (χ0) is 16.9. The van der Waals surface area contributed by atoms with Crippen molar-refractivity contribution in [1.29, 1.82) is 0 Å². The fourth-order valence-electron chi connectivity index (χ4n) is 2.85. The van der Waals surface area contributed by atoms with Crippen molar-refractivity contribution in [2.24, 2.45) is 0 Å². The smallest absolute Gasteiger partial charge is 0.282 e. The number of hydrogen-bond donors (Lipinski definition) is 2. The standard InChI is InChI=1S/C17H20FN5O/c1-13(16(24)21-15-5-3-14(18)4-6-15)22-9-11-23(12-10-22)17-19-7-2-8-20-17/h2-8,13H,9-12H2,1H3,(H,21,24)/p+1/t13-/m0/s1. The summed E-state index contributed by atoms with van der Waals surface area (Å²) in [5.41, 5.74) is 0.615. The number of nitrogens with one attached hydrogen (secondary N) is 2. The largest absolute Gasteiger partial charge is 0.330 e. The van der Waals surface area contributed by atoms with Gasteiger partial charge >= 0.3 is 0 Å². The Labute approximate surface area is 140 Å². The number of amides is 1. The third kappa shape index (κ3) is 3.86. The van der Waals surface area contributed by atoms with Gasteiger partial charge in [-0.25, -0.2) is 14.4 Å². The van der Waals surface area contributed by atoms with E-state index in [-0.39, 0.29) is 17.8 Å². The molecule has 1 saturated heterocycles. The number of carbonyl (C=O) groups is 1. The Morgan fingerprint density at radius 1 is 1.21 bits per heavy atom. The van der Waals surface area contributed by atoms with Gasteiger partial charge in [-0.15, -0.1) is 0 Å². The molecule has 0 bridgehead atoms. The molecule has 0 aliphatic carbocycles. The number of benzene rings is 1. The summed E-state index contributed by atoms with van der Waals surface area (Å²) in [6.45, 7) is 5.23. The molecule has 1 aromatic heterocycles. The van der Waals surface area contributed by atoms with E-state index in [4.69, 9.17) is 0 Å². The fraction of sp³-hybridized carbons (Fsp3) is 0.353. The van der Waals surface area contributed by atoms with Crippen LogP contribution in [0.2, 0.25) is 0 Å². The molecule has 2 N–H and O–H groups in total. The predicted octanol–water partition coefficient (Wildman–Crippen LogP) is 0.348. The third-order valence-corrected chi connectivity index (χ3v) is 4.36. The molecule has 126 valence electrons. The zero-order valence-electron chi connectivity index (χ0n) is 13.6. The summed E-state index contributed by atoms with van der Waals surface area (Å²) in [5.74, 6) is 0.368. The molecule has 0 unspecified atom stereocenters. The Kier molecular flexibility index (Phi) is 5.00. The van der Waals surface area contributed by atoms with Crippen molar-refractivity contribution in [3.8, 4) is 0 Å². The molecule has 1 aromatic carbocycles. The van der Waals surface area contributed by atoms with Gasteiger partial charge in [-0.2, -0.15) is 0 Å². The van der Waals surface area contributed by atoms with E-state index in [9.17, 15) is 9.18 Å². The molecule has 2 heterocycles. The maximum Gasteiger partial charge on any atom is 0.282 e. The number of rotatable bonds is 4. The lowest BCUT2D eigenvalue weighted by Gasteiger charge is -2.34. The summed E-state index contributed by atoms with van der Waals surface area (Å²) in [6, 6.07) is 7.44. The van der Waals surface area contributed by atoms with Crippen LogP contribution in [0.4, 0.5) is 16.0 Å². The van der Waals surface area contributed by atoms with Crippen LogP contribution in [0.15, 0.2) is 42.7 Å². The minimum Gasteiger partial charge on any atom is -0.330 e. The van der Waals surface area contributed by atoms with E-state index >= 15 is 0 Å². The second-order valence-electron chi connectivity index (χ2n) is 5.91. The number of hydrogen-bond acceptors (Lipinski definition) is 4. The van der Waals surface area contributed by atoms with Gasteiger partial charge in [-0.3, -0.25) is 4.79 Å². The fourth-order valence-corrected chi connectivity index (χ4v) is 2.85. The lowest BCUT2D eigenvalue weighted by atomic mass is 10.2. The average molecular weight is 330 g/mol. The number of aromatic nitrogens is 2. The summed E-state index contributed by atoms with van der Waals surface area (Å²) >= 11 is 0. The molecule has 24 heavy (non-hydrogen) atoms. The molecule has 0 radical (unpaired) electrons. The van der Waals surface area contributed by atoms with Crippen LogP contribution in [-0.2, 0) is 4.79 Å². The molecule has 3 rings (SSSR count). The van der Waals surface area contributed by atoms with Crippen LogP contribution < -0.4 is 15.1 Å². The van der Waals surface area contributed by atoms with E-state index in [0.717, 1.165) is 32.1 Å². The number of nitrogens with zero attached hydrogens (tertiary/aromatic N) is 3. The molecule has 0 saturated carbocycles. The number of carbonyl (C=O) groups excluding carboxylic acids is 1. The Bertz CT molecular complexity index is 671. The van der Waals surface area contributed by atoms with E-state index in [0.29, 0.717) is 5.69 Å². The highest BCUT2D eigenvalue weighted by molar-refractivity contribution is 5.93. The molecule has 0 spiro atoms. The van der Waals surface area contributed by atoms with Crippen molar-refractivity contribution < 1.29 is 14.1 Å². The van der Waals surface area contributed by atoms with E-state index < -0.39 is 0 Å². The van der Waals surface area contributed by atoms with Gasteiger partial charge < -0.3 is 15.1 Å². The maximum absolute atomic E-state index is 12.9. The van der Waals surface area contributed by atoms with Gasteiger partial charge in [0.1, 0.15) is 5.82 Å². The molecular formula is C17H21FN5O+. The van der Waals surface area contributed by atoms with Crippen LogP contribution in [-0.4, -0.2) is 48.1 Å². The lowest BCUT2D eigenvalue weighted by Crippen LogP contribution is -3.19.